The number of carbonyl (C=O) groups is 2. The van der Waals surface area contributed by atoms with Crippen molar-refractivity contribution in [3.8, 4) is 0 Å². The Morgan fingerprint density at radius 3 is 2.13 bits per heavy atom. The van der Waals surface area contributed by atoms with E-state index in [0.717, 1.165) is 5.56 Å². The maximum Gasteiger partial charge on any atom is 0.416 e. The monoisotopic (exact) mass is 700 g/mol. The zero-order chi connectivity index (χ0) is 34.4. The lowest BCUT2D eigenvalue weighted by Gasteiger charge is -2.55. The van der Waals surface area contributed by atoms with Crippen molar-refractivity contribution in [3.63, 3.8) is 0 Å². The summed E-state index contributed by atoms with van der Waals surface area (Å²) in [6.07, 6.45) is -10.1. The van der Waals surface area contributed by atoms with Gasteiger partial charge < -0.3 is 11.1 Å². The zero-order valence-corrected chi connectivity index (χ0v) is 26.7. The third-order valence-corrected chi connectivity index (χ3v) is 9.87. The van der Waals surface area contributed by atoms with E-state index in [4.69, 9.17) is 28.9 Å². The van der Waals surface area contributed by atoms with Gasteiger partial charge in [-0.3, -0.25) is 19.4 Å². The van der Waals surface area contributed by atoms with Crippen LogP contribution in [-0.2, 0) is 29.2 Å². The molecule has 0 aliphatic carbocycles. The van der Waals surface area contributed by atoms with Crippen molar-refractivity contribution in [1.82, 2.24) is 15.1 Å². The van der Waals surface area contributed by atoms with Gasteiger partial charge in [-0.05, 0) is 61.2 Å². The molecule has 2 heterocycles. The number of alkyl halides is 6. The second-order valence-corrected chi connectivity index (χ2v) is 12.8. The van der Waals surface area contributed by atoms with E-state index < -0.39 is 52.1 Å². The number of Topliss-reactive ketones (excluding diaryl/α,β-unsaturated/α-hetero) is 2. The first-order valence-corrected chi connectivity index (χ1v) is 15.6. The number of hydrogen-bond donors (Lipinski definition) is 2. The molecule has 14 heteroatoms. The van der Waals surface area contributed by atoms with Gasteiger partial charge in [0, 0.05) is 44.3 Å². The van der Waals surface area contributed by atoms with Crippen LogP contribution in [0.1, 0.15) is 52.4 Å². The summed E-state index contributed by atoms with van der Waals surface area (Å²) in [4.78, 5) is 31.4. The van der Waals surface area contributed by atoms with Crippen molar-refractivity contribution >= 4 is 34.8 Å². The fourth-order valence-electron chi connectivity index (χ4n) is 6.71. The van der Waals surface area contributed by atoms with Gasteiger partial charge in [0.25, 0.3) is 0 Å². The standard InChI is InChI=1S/C33H32Cl2F6N4O2/c1-20(46)31(42)19-43-10-12-45(31)26-9-11-44(18-21-5-3-2-4-6-21)30(17-26,23-7-8-27(34)28(35)16-23)29(47)22-13-24(32(36,37)38)15-25(14-22)33(39,40)41/h2-8,13-16,26,43H,9-12,17-19,42H2,1H3. The molecule has 0 bridgehead atoms. The van der Waals surface area contributed by atoms with Gasteiger partial charge in [-0.2, -0.15) is 26.3 Å². The highest BCUT2D eigenvalue weighted by atomic mass is 35.5. The van der Waals surface area contributed by atoms with Gasteiger partial charge in [0.1, 0.15) is 11.2 Å². The van der Waals surface area contributed by atoms with E-state index in [1.165, 1.54) is 25.1 Å². The number of nitrogens with one attached hydrogen (secondary N) is 1. The summed E-state index contributed by atoms with van der Waals surface area (Å²) in [7, 11) is 0. The summed E-state index contributed by atoms with van der Waals surface area (Å²) in [5.41, 5.74) is 0.319. The Balaban J connectivity index is 1.77. The molecule has 3 atom stereocenters. The largest absolute Gasteiger partial charge is 0.416 e. The molecule has 3 N–H and O–H groups in total. The molecule has 3 aromatic carbocycles. The first-order valence-electron chi connectivity index (χ1n) is 14.8. The van der Waals surface area contributed by atoms with Crippen LogP contribution in [0.25, 0.3) is 0 Å². The number of benzene rings is 3. The first-order chi connectivity index (χ1) is 22.0. The number of rotatable bonds is 7. The molecule has 0 saturated carbocycles. The molecule has 0 spiro atoms. The fourth-order valence-corrected chi connectivity index (χ4v) is 7.01. The van der Waals surface area contributed by atoms with Crippen LogP contribution in [-0.4, -0.2) is 59.3 Å². The summed E-state index contributed by atoms with van der Waals surface area (Å²) < 4.78 is 84.0. The van der Waals surface area contributed by atoms with Crippen LogP contribution in [0.4, 0.5) is 26.3 Å². The van der Waals surface area contributed by atoms with Gasteiger partial charge in [0.15, 0.2) is 11.6 Å². The normalized spacial score (nSPS) is 24.7. The molecule has 3 aromatic rings. The number of hydrogen-bond acceptors (Lipinski definition) is 6. The number of ketones is 2. The molecule has 0 amide bonds. The van der Waals surface area contributed by atoms with Crippen molar-refractivity contribution in [3.05, 3.63) is 105 Å². The van der Waals surface area contributed by atoms with E-state index in [-0.39, 0.29) is 53.5 Å². The SMILES string of the molecule is CC(=O)C1(N)CNCCN1C1CCN(Cc2ccccc2)C(C(=O)c2cc(C(F)(F)F)cc(C(F)(F)F)c2)(c2ccc(Cl)c(Cl)c2)C1. The lowest BCUT2D eigenvalue weighted by atomic mass is 9.72. The van der Waals surface area contributed by atoms with Crippen molar-refractivity contribution < 1.29 is 35.9 Å². The topological polar surface area (TPSA) is 78.7 Å². The Morgan fingerprint density at radius 2 is 1.55 bits per heavy atom. The highest BCUT2D eigenvalue weighted by molar-refractivity contribution is 6.42. The minimum atomic E-state index is -5.17. The molecule has 47 heavy (non-hydrogen) atoms. The van der Waals surface area contributed by atoms with E-state index in [1.807, 2.05) is 0 Å². The lowest BCUT2D eigenvalue weighted by molar-refractivity contribution is -0.143. The van der Waals surface area contributed by atoms with Gasteiger partial charge in [-0.15, -0.1) is 0 Å². The Labute approximate surface area is 277 Å². The molecule has 0 aromatic heterocycles. The van der Waals surface area contributed by atoms with Gasteiger partial charge >= 0.3 is 12.4 Å². The van der Waals surface area contributed by atoms with E-state index >= 15 is 4.79 Å². The average molecular weight is 702 g/mol. The molecule has 2 aliphatic heterocycles. The Bertz CT molecular complexity index is 1620. The van der Waals surface area contributed by atoms with E-state index in [1.54, 1.807) is 40.1 Å². The van der Waals surface area contributed by atoms with E-state index in [9.17, 15) is 31.1 Å². The number of likely N-dealkylation sites (tertiary alicyclic amines) is 1. The number of carbonyl (C=O) groups excluding carboxylic acids is 2. The van der Waals surface area contributed by atoms with Crippen LogP contribution >= 0.6 is 23.2 Å². The maximum atomic E-state index is 15.0. The van der Waals surface area contributed by atoms with Gasteiger partial charge in [-0.25, -0.2) is 0 Å². The minimum Gasteiger partial charge on any atom is -0.312 e. The number of piperazine rings is 1. The van der Waals surface area contributed by atoms with Crippen LogP contribution in [0.2, 0.25) is 10.0 Å². The van der Waals surface area contributed by atoms with E-state index in [0.29, 0.717) is 31.6 Å². The molecule has 2 aliphatic rings. The number of piperidine rings is 1. The zero-order valence-electron chi connectivity index (χ0n) is 25.2. The predicted molar refractivity (Wildman–Crippen MR) is 166 cm³/mol. The van der Waals surface area contributed by atoms with Crippen molar-refractivity contribution in [2.45, 2.75) is 55.9 Å². The van der Waals surface area contributed by atoms with Gasteiger partial charge in [-0.1, -0.05) is 59.6 Å². The van der Waals surface area contributed by atoms with E-state index in [2.05, 4.69) is 5.32 Å². The fraction of sp³-hybridized carbons (Fsp3) is 0.394. The van der Waals surface area contributed by atoms with Crippen molar-refractivity contribution in [1.29, 1.82) is 0 Å². The second-order valence-electron chi connectivity index (χ2n) is 12.0. The molecular formula is C33H32Cl2F6N4O2. The molecule has 3 unspecified atom stereocenters. The maximum absolute atomic E-state index is 15.0. The number of halogens is 8. The summed E-state index contributed by atoms with van der Waals surface area (Å²) in [6, 6.07) is 13.6. The molecule has 6 nitrogen and oxygen atoms in total. The molecule has 5 rings (SSSR count). The van der Waals surface area contributed by atoms with Crippen LogP contribution in [0.5, 0.6) is 0 Å². The van der Waals surface area contributed by atoms with Gasteiger partial charge in [0.05, 0.1) is 21.2 Å². The smallest absolute Gasteiger partial charge is 0.312 e. The third kappa shape index (κ3) is 6.95. The van der Waals surface area contributed by atoms with Gasteiger partial charge in [0.2, 0.25) is 0 Å². The summed E-state index contributed by atoms with van der Waals surface area (Å²) in [5.74, 6) is -1.33. The summed E-state index contributed by atoms with van der Waals surface area (Å²) >= 11 is 12.7. The molecule has 2 saturated heterocycles. The molecule has 2 fully saturated rings. The first kappa shape index (κ1) is 35.3. The third-order valence-electron chi connectivity index (χ3n) is 9.13. The second kappa shape index (κ2) is 13.1. The molecule has 0 radical (unpaired) electrons. The van der Waals surface area contributed by atoms with Crippen LogP contribution in [0, 0.1) is 0 Å². The quantitative estimate of drug-likeness (QED) is 0.206. The highest BCUT2D eigenvalue weighted by Gasteiger charge is 2.54. The Hall–Kier alpha value is -3.00. The molecular weight excluding hydrogens is 669 g/mol. The lowest BCUT2D eigenvalue weighted by Crippen LogP contribution is -2.74. The molecule has 252 valence electrons. The van der Waals surface area contributed by atoms with Crippen LogP contribution in [0.15, 0.2) is 66.7 Å². The highest BCUT2D eigenvalue weighted by Crippen LogP contribution is 2.46. The number of nitrogens with zero attached hydrogens (tertiary/aromatic N) is 2. The van der Waals surface area contributed by atoms with Crippen molar-refractivity contribution in [2.75, 3.05) is 26.2 Å². The average Bonchev–Trinajstić information content (AvgIpc) is 3.02. The summed E-state index contributed by atoms with van der Waals surface area (Å²) in [6.45, 7) is 2.53. The minimum absolute atomic E-state index is 0.00953. The number of nitrogens with two attached hydrogens (primary N) is 1. The van der Waals surface area contributed by atoms with Crippen molar-refractivity contribution in [2.24, 2.45) is 5.73 Å². The Morgan fingerprint density at radius 1 is 0.915 bits per heavy atom. The van der Waals surface area contributed by atoms with Crippen LogP contribution in [0.3, 0.4) is 0 Å². The Kier molecular flexibility index (Phi) is 9.87. The predicted octanol–water partition coefficient (Wildman–Crippen LogP) is 6.92. The van der Waals surface area contributed by atoms with Crippen LogP contribution < -0.4 is 11.1 Å². The summed E-state index contributed by atoms with van der Waals surface area (Å²) in [5, 5.41) is 3.29.